The Morgan fingerprint density at radius 3 is 2.45 bits per heavy atom. The summed E-state index contributed by atoms with van der Waals surface area (Å²) in [5.41, 5.74) is 2.10. The standard InChI is InChI=1S/C17H18ClFO/c18-11-16(9-15-7-4-8-17(19)10-15)13-20-12-14-5-2-1-3-6-14/h1-8,10,16H,9,11-13H2. The van der Waals surface area contributed by atoms with Gasteiger partial charge in [-0.05, 0) is 35.6 Å². The van der Waals surface area contributed by atoms with Gasteiger partial charge in [-0.25, -0.2) is 4.39 Å². The molecule has 0 aliphatic heterocycles. The van der Waals surface area contributed by atoms with Crippen molar-refractivity contribution in [2.24, 2.45) is 5.92 Å². The van der Waals surface area contributed by atoms with Crippen LogP contribution in [-0.4, -0.2) is 12.5 Å². The van der Waals surface area contributed by atoms with Crippen molar-refractivity contribution >= 4 is 11.6 Å². The van der Waals surface area contributed by atoms with Gasteiger partial charge in [-0.2, -0.15) is 0 Å². The molecule has 2 aromatic rings. The highest BCUT2D eigenvalue weighted by Gasteiger charge is 2.09. The van der Waals surface area contributed by atoms with Crippen LogP contribution in [0.15, 0.2) is 54.6 Å². The fourth-order valence-corrected chi connectivity index (χ4v) is 2.27. The monoisotopic (exact) mass is 292 g/mol. The minimum Gasteiger partial charge on any atom is -0.376 e. The number of hydrogen-bond acceptors (Lipinski definition) is 1. The summed E-state index contributed by atoms with van der Waals surface area (Å²) in [6.07, 6.45) is 0.732. The summed E-state index contributed by atoms with van der Waals surface area (Å²) in [5, 5.41) is 0. The molecule has 3 heteroatoms. The van der Waals surface area contributed by atoms with Gasteiger partial charge in [0.1, 0.15) is 5.82 Å². The lowest BCUT2D eigenvalue weighted by atomic mass is 10.0. The predicted octanol–water partition coefficient (Wildman–Crippen LogP) is 4.44. The first-order chi connectivity index (χ1) is 9.78. The molecule has 0 N–H and O–H groups in total. The molecule has 0 heterocycles. The van der Waals surface area contributed by atoms with Crippen molar-refractivity contribution in [3.63, 3.8) is 0 Å². The van der Waals surface area contributed by atoms with E-state index in [0.717, 1.165) is 17.5 Å². The molecule has 2 rings (SSSR count). The van der Waals surface area contributed by atoms with Gasteiger partial charge < -0.3 is 4.74 Å². The first-order valence-corrected chi connectivity index (χ1v) is 7.23. The molecule has 0 amide bonds. The van der Waals surface area contributed by atoms with Gasteiger partial charge in [0.05, 0.1) is 13.2 Å². The summed E-state index contributed by atoms with van der Waals surface area (Å²) in [6.45, 7) is 1.16. The van der Waals surface area contributed by atoms with E-state index in [0.29, 0.717) is 19.1 Å². The fraction of sp³-hybridized carbons (Fsp3) is 0.294. The van der Waals surface area contributed by atoms with Gasteiger partial charge in [0, 0.05) is 5.88 Å². The average molecular weight is 293 g/mol. The van der Waals surface area contributed by atoms with E-state index in [1.807, 2.05) is 36.4 Å². The highest BCUT2D eigenvalue weighted by atomic mass is 35.5. The van der Waals surface area contributed by atoms with Crippen LogP contribution in [0.4, 0.5) is 4.39 Å². The molecule has 0 spiro atoms. The van der Waals surface area contributed by atoms with Crippen LogP contribution in [0.3, 0.4) is 0 Å². The molecule has 2 aromatic carbocycles. The van der Waals surface area contributed by atoms with Crippen LogP contribution < -0.4 is 0 Å². The van der Waals surface area contributed by atoms with Gasteiger partial charge in [0.15, 0.2) is 0 Å². The summed E-state index contributed by atoms with van der Waals surface area (Å²) < 4.78 is 18.8. The molecule has 0 saturated heterocycles. The lowest BCUT2D eigenvalue weighted by molar-refractivity contribution is 0.0931. The molecule has 0 bridgehead atoms. The minimum atomic E-state index is -0.207. The molecule has 1 unspecified atom stereocenters. The van der Waals surface area contributed by atoms with Crippen LogP contribution in [0, 0.1) is 11.7 Å². The first-order valence-electron chi connectivity index (χ1n) is 6.70. The number of benzene rings is 2. The van der Waals surface area contributed by atoms with Crippen LogP contribution >= 0.6 is 11.6 Å². The molecule has 1 atom stereocenters. The molecule has 0 aliphatic carbocycles. The minimum absolute atomic E-state index is 0.196. The Morgan fingerprint density at radius 2 is 1.75 bits per heavy atom. The molecule has 1 nitrogen and oxygen atoms in total. The largest absolute Gasteiger partial charge is 0.376 e. The summed E-state index contributed by atoms with van der Waals surface area (Å²) in [7, 11) is 0. The zero-order valence-corrected chi connectivity index (χ0v) is 12.0. The average Bonchev–Trinajstić information content (AvgIpc) is 2.47. The van der Waals surface area contributed by atoms with Gasteiger partial charge >= 0.3 is 0 Å². The molecule has 0 fully saturated rings. The highest BCUT2D eigenvalue weighted by molar-refractivity contribution is 6.18. The van der Waals surface area contributed by atoms with Crippen molar-refractivity contribution in [3.8, 4) is 0 Å². The van der Waals surface area contributed by atoms with E-state index in [1.54, 1.807) is 12.1 Å². The van der Waals surface area contributed by atoms with E-state index < -0.39 is 0 Å². The summed E-state index contributed by atoms with van der Waals surface area (Å²) in [4.78, 5) is 0. The normalized spacial score (nSPS) is 12.3. The smallest absolute Gasteiger partial charge is 0.123 e. The molecule has 0 aliphatic rings. The Bertz CT molecular complexity index is 515. The zero-order valence-electron chi connectivity index (χ0n) is 11.3. The first kappa shape index (κ1) is 15.0. The van der Waals surface area contributed by atoms with Crippen LogP contribution in [0.25, 0.3) is 0 Å². The second kappa shape index (κ2) is 8.03. The molecule has 0 radical (unpaired) electrons. The Hall–Kier alpha value is -1.38. The maximum absolute atomic E-state index is 13.1. The van der Waals surface area contributed by atoms with E-state index in [9.17, 15) is 4.39 Å². The molecular weight excluding hydrogens is 275 g/mol. The third kappa shape index (κ3) is 4.95. The van der Waals surface area contributed by atoms with Gasteiger partial charge in [-0.1, -0.05) is 42.5 Å². The third-order valence-corrected chi connectivity index (χ3v) is 3.53. The van der Waals surface area contributed by atoms with Crippen LogP contribution in [-0.2, 0) is 17.8 Å². The number of halogens is 2. The van der Waals surface area contributed by atoms with Gasteiger partial charge in [-0.15, -0.1) is 11.6 Å². The number of rotatable bonds is 7. The molecule has 0 aromatic heterocycles. The number of hydrogen-bond donors (Lipinski definition) is 0. The van der Waals surface area contributed by atoms with E-state index in [1.165, 1.54) is 6.07 Å². The summed E-state index contributed by atoms with van der Waals surface area (Å²) >= 11 is 5.97. The second-order valence-corrected chi connectivity index (χ2v) is 5.16. The van der Waals surface area contributed by atoms with Crippen molar-refractivity contribution < 1.29 is 9.13 Å². The van der Waals surface area contributed by atoms with E-state index in [-0.39, 0.29) is 11.7 Å². The lowest BCUT2D eigenvalue weighted by Crippen LogP contribution is -2.14. The maximum Gasteiger partial charge on any atom is 0.123 e. The van der Waals surface area contributed by atoms with E-state index in [2.05, 4.69) is 0 Å². The van der Waals surface area contributed by atoms with E-state index in [4.69, 9.17) is 16.3 Å². The summed E-state index contributed by atoms with van der Waals surface area (Å²) in [6, 6.07) is 16.7. The van der Waals surface area contributed by atoms with Crippen molar-refractivity contribution in [1.29, 1.82) is 0 Å². The topological polar surface area (TPSA) is 9.23 Å². The lowest BCUT2D eigenvalue weighted by Gasteiger charge is -2.14. The Balaban J connectivity index is 1.80. The quantitative estimate of drug-likeness (QED) is 0.686. The molecule has 20 heavy (non-hydrogen) atoms. The molecular formula is C17H18ClFO. The van der Waals surface area contributed by atoms with Crippen LogP contribution in [0.5, 0.6) is 0 Å². The Kier molecular flexibility index (Phi) is 6.03. The summed E-state index contributed by atoms with van der Waals surface area (Å²) in [5.74, 6) is 0.494. The predicted molar refractivity (Wildman–Crippen MR) is 80.4 cm³/mol. The van der Waals surface area contributed by atoms with Crippen LogP contribution in [0.2, 0.25) is 0 Å². The van der Waals surface area contributed by atoms with Crippen molar-refractivity contribution in [2.45, 2.75) is 13.0 Å². The zero-order chi connectivity index (χ0) is 14.2. The van der Waals surface area contributed by atoms with Gasteiger partial charge in [0.2, 0.25) is 0 Å². The highest BCUT2D eigenvalue weighted by Crippen LogP contribution is 2.13. The molecule has 0 saturated carbocycles. The Morgan fingerprint density at radius 1 is 1.00 bits per heavy atom. The third-order valence-electron chi connectivity index (χ3n) is 3.10. The fourth-order valence-electron chi connectivity index (χ4n) is 2.07. The van der Waals surface area contributed by atoms with Crippen molar-refractivity contribution in [2.75, 3.05) is 12.5 Å². The van der Waals surface area contributed by atoms with Crippen molar-refractivity contribution in [1.82, 2.24) is 0 Å². The van der Waals surface area contributed by atoms with Gasteiger partial charge in [0.25, 0.3) is 0 Å². The van der Waals surface area contributed by atoms with Crippen LogP contribution in [0.1, 0.15) is 11.1 Å². The Labute approximate surface area is 124 Å². The SMILES string of the molecule is Fc1cccc(CC(CCl)COCc2ccccc2)c1. The number of alkyl halides is 1. The second-order valence-electron chi connectivity index (χ2n) is 4.86. The van der Waals surface area contributed by atoms with Gasteiger partial charge in [-0.3, -0.25) is 0 Å². The number of ether oxygens (including phenoxy) is 1. The molecule has 106 valence electrons. The maximum atomic E-state index is 13.1. The van der Waals surface area contributed by atoms with Crippen molar-refractivity contribution in [3.05, 3.63) is 71.5 Å². The van der Waals surface area contributed by atoms with E-state index >= 15 is 0 Å².